The van der Waals surface area contributed by atoms with Crippen molar-refractivity contribution in [2.45, 2.75) is 51.2 Å². The van der Waals surface area contributed by atoms with E-state index < -0.39 is 12.1 Å². The monoisotopic (exact) mass is 348 g/mol. The van der Waals surface area contributed by atoms with Crippen molar-refractivity contribution in [1.82, 2.24) is 0 Å². The van der Waals surface area contributed by atoms with Crippen LogP contribution in [0, 0.1) is 0 Å². The number of benzene rings is 1. The van der Waals surface area contributed by atoms with E-state index in [1.54, 1.807) is 13.0 Å². The van der Waals surface area contributed by atoms with Crippen LogP contribution < -0.4 is 4.74 Å². The van der Waals surface area contributed by atoms with Gasteiger partial charge in [-0.2, -0.15) is 0 Å². The number of esters is 1. The Morgan fingerprint density at radius 2 is 1.96 bits per heavy atom. The molecule has 0 unspecified atom stereocenters. The molecule has 0 aromatic heterocycles. The van der Waals surface area contributed by atoms with Crippen LogP contribution in [0.3, 0.4) is 0 Å². The number of rotatable bonds is 1. The third-order valence-corrected chi connectivity index (χ3v) is 4.14. The number of hydrogen-bond acceptors (Lipinski definition) is 6. The summed E-state index contributed by atoms with van der Waals surface area (Å²) in [6.07, 6.45) is 4.41. The topological polar surface area (TPSA) is 93.1 Å². The average Bonchev–Trinajstić information content (AvgIpc) is 2.55. The Balaban J connectivity index is 2.40. The predicted octanol–water partition coefficient (Wildman–Crippen LogP) is 2.55. The van der Waals surface area contributed by atoms with Crippen molar-refractivity contribution in [3.8, 4) is 11.5 Å². The van der Waals surface area contributed by atoms with Gasteiger partial charge in [-0.1, -0.05) is 6.08 Å². The van der Waals surface area contributed by atoms with E-state index in [0.29, 0.717) is 31.2 Å². The van der Waals surface area contributed by atoms with E-state index in [0.717, 1.165) is 0 Å². The number of carbonyl (C=O) groups is 2. The molecule has 25 heavy (non-hydrogen) atoms. The summed E-state index contributed by atoms with van der Waals surface area (Å²) >= 11 is 0. The molecule has 0 spiro atoms. The number of aliphatic hydroxyl groups is 1. The second-order valence-corrected chi connectivity index (χ2v) is 6.25. The van der Waals surface area contributed by atoms with E-state index in [9.17, 15) is 19.8 Å². The van der Waals surface area contributed by atoms with Gasteiger partial charge in [0.05, 0.1) is 19.3 Å². The number of aromatic hydroxyl groups is 1. The van der Waals surface area contributed by atoms with Crippen LogP contribution in [0.1, 0.15) is 48.5 Å². The molecule has 2 rings (SSSR count). The molecule has 0 amide bonds. The van der Waals surface area contributed by atoms with Gasteiger partial charge in [-0.25, -0.2) is 4.79 Å². The zero-order valence-electron chi connectivity index (χ0n) is 14.5. The molecule has 136 valence electrons. The maximum atomic E-state index is 12.6. The van der Waals surface area contributed by atoms with E-state index in [-0.39, 0.29) is 35.4 Å². The van der Waals surface area contributed by atoms with E-state index in [1.807, 2.05) is 0 Å². The summed E-state index contributed by atoms with van der Waals surface area (Å²) in [7, 11) is 1.38. The van der Waals surface area contributed by atoms with Crippen LogP contribution in [-0.2, 0) is 16.0 Å². The summed E-state index contributed by atoms with van der Waals surface area (Å²) in [5.41, 5.74) is 0.507. The number of ketones is 1. The van der Waals surface area contributed by atoms with Gasteiger partial charge >= 0.3 is 5.97 Å². The number of ether oxygens (including phenoxy) is 2. The van der Waals surface area contributed by atoms with Crippen LogP contribution in [0.25, 0.3) is 0 Å². The average molecular weight is 348 g/mol. The molecule has 0 radical (unpaired) electrons. The van der Waals surface area contributed by atoms with Crippen molar-refractivity contribution in [3.05, 3.63) is 35.4 Å². The molecule has 2 atom stereocenters. The third-order valence-electron chi connectivity index (χ3n) is 4.14. The standard InChI is InChI=1S/C19H24O6/c1-12-7-8-14(20)5-3-4-6-15(21)9-13-10-16(22)11-17(24-2)18(13)19(23)25-12/h4,6,10-12,14,20,22H,3,5,7-9H2,1-2H3/t12-,14-/m0/s1. The summed E-state index contributed by atoms with van der Waals surface area (Å²) < 4.78 is 10.6. The second-order valence-electron chi connectivity index (χ2n) is 6.25. The van der Waals surface area contributed by atoms with Crippen LogP contribution in [0.4, 0.5) is 0 Å². The molecule has 1 aromatic rings. The molecule has 0 saturated heterocycles. The number of fused-ring (bicyclic) bond motifs is 1. The lowest BCUT2D eigenvalue weighted by Gasteiger charge is -2.18. The third kappa shape index (κ3) is 5.32. The number of methoxy groups -OCH3 is 1. The minimum atomic E-state index is -0.609. The van der Waals surface area contributed by atoms with Crippen molar-refractivity contribution in [2.24, 2.45) is 0 Å². The first-order valence-corrected chi connectivity index (χ1v) is 8.39. The molecule has 0 saturated carbocycles. The van der Waals surface area contributed by atoms with Gasteiger partial charge < -0.3 is 19.7 Å². The SMILES string of the molecule is COc1cc(O)cc2c1C(=O)O[C@@H](C)CC[C@@H](O)CCC=CC(=O)C2. The van der Waals surface area contributed by atoms with Crippen molar-refractivity contribution in [1.29, 1.82) is 0 Å². The lowest BCUT2D eigenvalue weighted by atomic mass is 9.99. The molecule has 1 aliphatic heterocycles. The second kappa shape index (κ2) is 8.67. The summed E-state index contributed by atoms with van der Waals surface area (Å²) in [5.74, 6) is -0.738. The normalized spacial score (nSPS) is 22.7. The van der Waals surface area contributed by atoms with Gasteiger partial charge in [-0.3, -0.25) is 4.79 Å². The van der Waals surface area contributed by atoms with E-state index >= 15 is 0 Å². The predicted molar refractivity (Wildman–Crippen MR) is 91.9 cm³/mol. The van der Waals surface area contributed by atoms with Gasteiger partial charge in [0.1, 0.15) is 17.1 Å². The highest BCUT2D eigenvalue weighted by Gasteiger charge is 2.23. The largest absolute Gasteiger partial charge is 0.508 e. The number of cyclic esters (lactones) is 1. The van der Waals surface area contributed by atoms with E-state index in [2.05, 4.69) is 0 Å². The fourth-order valence-electron chi connectivity index (χ4n) is 2.81. The molecule has 0 aliphatic carbocycles. The lowest BCUT2D eigenvalue weighted by Crippen LogP contribution is -2.20. The van der Waals surface area contributed by atoms with E-state index in [1.165, 1.54) is 25.3 Å². The zero-order chi connectivity index (χ0) is 18.4. The Hall–Kier alpha value is -2.34. The number of carbonyl (C=O) groups excluding carboxylic acids is 2. The van der Waals surface area contributed by atoms with Crippen LogP contribution in [0.5, 0.6) is 11.5 Å². The van der Waals surface area contributed by atoms with Gasteiger partial charge in [-0.15, -0.1) is 0 Å². The summed E-state index contributed by atoms with van der Waals surface area (Å²) in [4.78, 5) is 24.7. The van der Waals surface area contributed by atoms with Crippen LogP contribution in [0.15, 0.2) is 24.3 Å². The van der Waals surface area contributed by atoms with Crippen molar-refractivity contribution >= 4 is 11.8 Å². The molecule has 1 aromatic carbocycles. The van der Waals surface area contributed by atoms with Crippen LogP contribution >= 0.6 is 0 Å². The molecule has 6 nitrogen and oxygen atoms in total. The Morgan fingerprint density at radius 3 is 2.68 bits per heavy atom. The molecular weight excluding hydrogens is 324 g/mol. The molecule has 2 N–H and O–H groups in total. The minimum Gasteiger partial charge on any atom is -0.508 e. The minimum absolute atomic E-state index is 0.0529. The molecule has 0 bridgehead atoms. The number of phenolic OH excluding ortho intramolecular Hbond substituents is 1. The summed E-state index contributed by atoms with van der Waals surface area (Å²) in [6, 6.07) is 2.70. The molecule has 1 heterocycles. The molecule has 6 heteroatoms. The van der Waals surface area contributed by atoms with Crippen LogP contribution in [-0.4, -0.2) is 41.3 Å². The van der Waals surface area contributed by atoms with Gasteiger partial charge in [0.25, 0.3) is 0 Å². The van der Waals surface area contributed by atoms with E-state index in [4.69, 9.17) is 9.47 Å². The lowest BCUT2D eigenvalue weighted by molar-refractivity contribution is -0.114. The fourth-order valence-corrected chi connectivity index (χ4v) is 2.81. The van der Waals surface area contributed by atoms with Gasteiger partial charge in [0.2, 0.25) is 0 Å². The number of aliphatic hydroxyl groups excluding tert-OH is 1. The number of allylic oxidation sites excluding steroid dienone is 2. The highest BCUT2D eigenvalue weighted by atomic mass is 16.5. The first kappa shape index (κ1) is 19.0. The molecular formula is C19H24O6. The highest BCUT2D eigenvalue weighted by molar-refractivity contribution is 5.98. The smallest absolute Gasteiger partial charge is 0.342 e. The number of phenols is 1. The Labute approximate surface area is 147 Å². The quantitative estimate of drug-likeness (QED) is 0.758. The first-order valence-electron chi connectivity index (χ1n) is 8.39. The van der Waals surface area contributed by atoms with Crippen LogP contribution in [0.2, 0.25) is 0 Å². The van der Waals surface area contributed by atoms with Gasteiger partial charge in [0.15, 0.2) is 5.78 Å². The molecule has 0 fully saturated rings. The van der Waals surface area contributed by atoms with Crippen molar-refractivity contribution < 1.29 is 29.3 Å². The maximum Gasteiger partial charge on any atom is 0.342 e. The van der Waals surface area contributed by atoms with Crippen molar-refractivity contribution in [3.63, 3.8) is 0 Å². The van der Waals surface area contributed by atoms with Crippen molar-refractivity contribution in [2.75, 3.05) is 7.11 Å². The number of hydrogen-bond donors (Lipinski definition) is 2. The zero-order valence-corrected chi connectivity index (χ0v) is 14.5. The van der Waals surface area contributed by atoms with Gasteiger partial charge in [-0.05, 0) is 50.3 Å². The molecule has 1 aliphatic rings. The Kier molecular flexibility index (Phi) is 6.58. The first-order chi connectivity index (χ1) is 11.9. The highest BCUT2D eigenvalue weighted by Crippen LogP contribution is 2.30. The fraction of sp³-hybridized carbons (Fsp3) is 0.474. The van der Waals surface area contributed by atoms with Gasteiger partial charge in [0, 0.05) is 12.5 Å². The Morgan fingerprint density at radius 1 is 1.20 bits per heavy atom. The summed E-state index contributed by atoms with van der Waals surface area (Å²) in [5, 5.41) is 19.8. The Bertz CT molecular complexity index is 664. The maximum absolute atomic E-state index is 12.6. The summed E-state index contributed by atoms with van der Waals surface area (Å²) in [6.45, 7) is 1.76.